The highest BCUT2D eigenvalue weighted by Crippen LogP contribution is 2.23. The van der Waals surface area contributed by atoms with Gasteiger partial charge in [-0.2, -0.15) is 0 Å². The first-order chi connectivity index (χ1) is 8.75. The van der Waals surface area contributed by atoms with Crippen LogP contribution in [0.3, 0.4) is 0 Å². The molecule has 0 fully saturated rings. The van der Waals surface area contributed by atoms with Crippen LogP contribution in [-0.4, -0.2) is 26.2 Å². The summed E-state index contributed by atoms with van der Waals surface area (Å²) in [4.78, 5) is 0. The molecule has 19 heavy (non-hydrogen) atoms. The van der Waals surface area contributed by atoms with E-state index in [9.17, 15) is 8.42 Å². The van der Waals surface area contributed by atoms with E-state index in [1.807, 2.05) is 0 Å². The van der Waals surface area contributed by atoms with Gasteiger partial charge in [0.1, 0.15) is 0 Å². The molecule has 0 saturated carbocycles. The number of aliphatic hydroxyl groups excluding tert-OH is 1. The first-order valence-electron chi connectivity index (χ1n) is 5.80. The minimum absolute atomic E-state index is 0.0730. The molecule has 1 rings (SSSR count). The maximum Gasteiger partial charge on any atom is 0.216 e. The highest BCUT2D eigenvalue weighted by Gasteiger charge is 2.19. The lowest BCUT2D eigenvalue weighted by Crippen LogP contribution is -2.38. The summed E-state index contributed by atoms with van der Waals surface area (Å²) in [7, 11) is -3.48. The Morgan fingerprint density at radius 1 is 1.26 bits per heavy atom. The van der Waals surface area contributed by atoms with E-state index in [1.54, 1.807) is 26.0 Å². The van der Waals surface area contributed by atoms with Crippen molar-refractivity contribution in [3.8, 4) is 0 Å². The SMILES string of the molecule is CC(CO)C(C)NS(=O)(=O)Cc1ccc(Cl)c(Cl)c1. The summed E-state index contributed by atoms with van der Waals surface area (Å²) in [5.74, 6) is -0.324. The summed E-state index contributed by atoms with van der Waals surface area (Å²) in [6.07, 6.45) is 0. The number of halogens is 2. The van der Waals surface area contributed by atoms with Crippen LogP contribution < -0.4 is 4.72 Å². The van der Waals surface area contributed by atoms with Gasteiger partial charge >= 0.3 is 0 Å². The minimum Gasteiger partial charge on any atom is -0.396 e. The number of rotatable bonds is 6. The average molecular weight is 326 g/mol. The highest BCUT2D eigenvalue weighted by atomic mass is 35.5. The molecule has 4 nitrogen and oxygen atoms in total. The summed E-state index contributed by atoms with van der Waals surface area (Å²) >= 11 is 11.6. The Morgan fingerprint density at radius 2 is 1.89 bits per heavy atom. The molecule has 2 N–H and O–H groups in total. The number of nitrogens with one attached hydrogen (secondary N) is 1. The van der Waals surface area contributed by atoms with E-state index in [0.717, 1.165) is 0 Å². The maximum absolute atomic E-state index is 12.0. The molecule has 0 saturated heterocycles. The van der Waals surface area contributed by atoms with Gasteiger partial charge in [-0.15, -0.1) is 0 Å². The maximum atomic E-state index is 12.0. The van der Waals surface area contributed by atoms with Crippen LogP contribution in [-0.2, 0) is 15.8 Å². The molecule has 0 aliphatic rings. The van der Waals surface area contributed by atoms with Crippen molar-refractivity contribution in [2.45, 2.75) is 25.6 Å². The Balaban J connectivity index is 2.76. The molecular weight excluding hydrogens is 309 g/mol. The third-order valence-electron chi connectivity index (χ3n) is 2.85. The largest absolute Gasteiger partial charge is 0.396 e. The molecule has 1 aromatic rings. The smallest absolute Gasteiger partial charge is 0.216 e. The monoisotopic (exact) mass is 325 g/mol. The van der Waals surface area contributed by atoms with Crippen molar-refractivity contribution in [1.82, 2.24) is 4.72 Å². The second-order valence-electron chi connectivity index (χ2n) is 4.57. The Morgan fingerprint density at radius 3 is 2.42 bits per heavy atom. The van der Waals surface area contributed by atoms with Crippen molar-refractivity contribution in [1.29, 1.82) is 0 Å². The van der Waals surface area contributed by atoms with Crippen LogP contribution in [0.15, 0.2) is 18.2 Å². The first kappa shape index (κ1) is 16.7. The topological polar surface area (TPSA) is 66.4 Å². The van der Waals surface area contributed by atoms with E-state index >= 15 is 0 Å². The number of benzene rings is 1. The van der Waals surface area contributed by atoms with Gasteiger partial charge in [0.25, 0.3) is 0 Å². The quantitative estimate of drug-likeness (QED) is 0.844. The predicted molar refractivity (Wildman–Crippen MR) is 77.9 cm³/mol. The van der Waals surface area contributed by atoms with E-state index in [1.165, 1.54) is 6.07 Å². The summed E-state index contributed by atoms with van der Waals surface area (Å²) < 4.78 is 26.4. The Labute approximate surface area is 123 Å². The molecule has 0 spiro atoms. The van der Waals surface area contributed by atoms with E-state index in [2.05, 4.69) is 4.72 Å². The number of hydrogen-bond donors (Lipinski definition) is 2. The molecule has 1 aromatic carbocycles. The summed E-state index contributed by atoms with van der Waals surface area (Å²) in [6, 6.07) is 4.38. The molecule has 0 aliphatic carbocycles. The lowest BCUT2D eigenvalue weighted by atomic mass is 10.1. The van der Waals surface area contributed by atoms with E-state index in [4.69, 9.17) is 28.3 Å². The van der Waals surface area contributed by atoms with Gasteiger partial charge in [-0.25, -0.2) is 13.1 Å². The van der Waals surface area contributed by atoms with Gasteiger partial charge in [-0.05, 0) is 30.5 Å². The second kappa shape index (κ2) is 6.90. The minimum atomic E-state index is -3.48. The molecule has 0 amide bonds. The molecule has 0 radical (unpaired) electrons. The predicted octanol–water partition coefficient (Wildman–Crippen LogP) is 2.43. The van der Waals surface area contributed by atoms with Crippen molar-refractivity contribution in [3.05, 3.63) is 33.8 Å². The zero-order chi connectivity index (χ0) is 14.6. The summed E-state index contributed by atoms with van der Waals surface area (Å²) in [6.45, 7) is 3.41. The highest BCUT2D eigenvalue weighted by molar-refractivity contribution is 7.88. The second-order valence-corrected chi connectivity index (χ2v) is 7.14. The molecule has 0 aromatic heterocycles. The van der Waals surface area contributed by atoms with Gasteiger partial charge in [0.05, 0.1) is 15.8 Å². The van der Waals surface area contributed by atoms with Crippen molar-refractivity contribution in [2.75, 3.05) is 6.61 Å². The van der Waals surface area contributed by atoms with Crippen LogP contribution in [0, 0.1) is 5.92 Å². The lowest BCUT2D eigenvalue weighted by molar-refractivity contribution is 0.216. The van der Waals surface area contributed by atoms with Crippen molar-refractivity contribution >= 4 is 33.2 Å². The number of aliphatic hydroxyl groups is 1. The fourth-order valence-corrected chi connectivity index (χ4v) is 3.27. The van der Waals surface area contributed by atoms with Crippen LogP contribution in [0.25, 0.3) is 0 Å². The fraction of sp³-hybridized carbons (Fsp3) is 0.500. The van der Waals surface area contributed by atoms with Crippen molar-refractivity contribution in [3.63, 3.8) is 0 Å². The third-order valence-corrected chi connectivity index (χ3v) is 5.03. The van der Waals surface area contributed by atoms with Gasteiger partial charge in [0, 0.05) is 12.6 Å². The zero-order valence-electron chi connectivity index (χ0n) is 10.7. The van der Waals surface area contributed by atoms with Crippen molar-refractivity contribution in [2.24, 2.45) is 5.92 Å². The summed E-state index contributed by atoms with van der Waals surface area (Å²) in [5.41, 5.74) is 0.561. The lowest BCUT2D eigenvalue weighted by Gasteiger charge is -2.19. The summed E-state index contributed by atoms with van der Waals surface area (Å²) in [5, 5.41) is 9.70. The molecular formula is C12H17Cl2NO3S. The zero-order valence-corrected chi connectivity index (χ0v) is 13.1. The Hall–Kier alpha value is -0.330. The van der Waals surface area contributed by atoms with Crippen LogP contribution in [0.2, 0.25) is 10.0 Å². The average Bonchev–Trinajstić information content (AvgIpc) is 2.31. The molecule has 0 heterocycles. The number of sulfonamides is 1. The first-order valence-corrected chi connectivity index (χ1v) is 8.21. The van der Waals surface area contributed by atoms with Gasteiger partial charge in [0.15, 0.2) is 0 Å². The molecule has 7 heteroatoms. The Kier molecular flexibility index (Phi) is 6.08. The van der Waals surface area contributed by atoms with E-state index < -0.39 is 10.0 Å². The molecule has 0 aliphatic heterocycles. The van der Waals surface area contributed by atoms with Gasteiger partial charge in [0.2, 0.25) is 10.0 Å². The third kappa shape index (κ3) is 5.28. The molecule has 2 atom stereocenters. The Bertz CT molecular complexity index is 534. The van der Waals surface area contributed by atoms with Crippen LogP contribution in [0.1, 0.15) is 19.4 Å². The van der Waals surface area contributed by atoms with Crippen LogP contribution >= 0.6 is 23.2 Å². The van der Waals surface area contributed by atoms with Crippen molar-refractivity contribution < 1.29 is 13.5 Å². The molecule has 2 unspecified atom stereocenters. The van der Waals surface area contributed by atoms with E-state index in [0.29, 0.717) is 15.6 Å². The standard InChI is InChI=1S/C12H17Cl2NO3S/c1-8(6-16)9(2)15-19(17,18)7-10-3-4-11(13)12(14)5-10/h3-5,8-9,15-16H,6-7H2,1-2H3. The molecule has 0 bridgehead atoms. The normalized spacial score (nSPS) is 15.2. The van der Waals surface area contributed by atoms with Gasteiger partial charge in [-0.1, -0.05) is 36.2 Å². The van der Waals surface area contributed by atoms with Gasteiger partial charge in [-0.3, -0.25) is 0 Å². The van der Waals surface area contributed by atoms with Crippen LogP contribution in [0.5, 0.6) is 0 Å². The van der Waals surface area contributed by atoms with E-state index in [-0.39, 0.29) is 24.3 Å². The number of hydrogen-bond acceptors (Lipinski definition) is 3. The van der Waals surface area contributed by atoms with Crippen LogP contribution in [0.4, 0.5) is 0 Å². The fourth-order valence-electron chi connectivity index (χ4n) is 1.45. The molecule has 108 valence electrons. The van der Waals surface area contributed by atoms with Gasteiger partial charge < -0.3 is 5.11 Å².